The summed E-state index contributed by atoms with van der Waals surface area (Å²) < 4.78 is 38.8. The maximum Gasteiger partial charge on any atom is 0.488 e. The Bertz CT molecular complexity index is 1290. The highest BCUT2D eigenvalue weighted by Crippen LogP contribution is 2.29. The number of carbonyl (C=O) groups is 3. The number of alkyl halides is 3. The van der Waals surface area contributed by atoms with Crippen LogP contribution in [0, 0.1) is 5.41 Å². The van der Waals surface area contributed by atoms with Crippen LogP contribution >= 0.6 is 0 Å². The molecule has 1 aliphatic rings. The number of hydrogen-bond acceptors (Lipinski definition) is 8. The van der Waals surface area contributed by atoms with Crippen LogP contribution in [0.5, 0.6) is 0 Å². The molecular weight excluding hydrogens is 568 g/mol. The lowest BCUT2D eigenvalue weighted by Crippen LogP contribution is -2.50. The molecule has 1 aliphatic carbocycles. The lowest BCUT2D eigenvalue weighted by atomic mass is 9.80. The fourth-order valence-corrected chi connectivity index (χ4v) is 4.78. The van der Waals surface area contributed by atoms with E-state index in [9.17, 15) is 37.6 Å². The number of nitrogens with one attached hydrogen (secondary N) is 4. The third-order valence-electron chi connectivity index (χ3n) is 7.06. The van der Waals surface area contributed by atoms with Gasteiger partial charge in [-0.3, -0.25) is 14.4 Å². The predicted molar refractivity (Wildman–Crippen MR) is 155 cm³/mol. The average molecular weight is 604 g/mol. The van der Waals surface area contributed by atoms with Crippen molar-refractivity contribution in [1.29, 1.82) is 5.41 Å². The molecule has 2 aromatic rings. The molecule has 232 valence electrons. The molecule has 10 N–H and O–H groups in total. The third-order valence-corrected chi connectivity index (χ3v) is 7.06. The standard InChI is InChI=1S/C28H36BF3N6O5/c30-28(31,32)17-7-4-16(5-8-17)6-10-24(27(41)37-21-3-1-2-18(12-21)29(42)43)38-26(40)23(35)9-11-25(39)36-22-14-19(33)13-20(34)15-22/h1-5,7-8,12,19,22-24,34,42-43H,6,9-11,13-15,33,35H2,(H,36,39)(H,37,41)(H,38,40)/t19-,22-,23-,24+/m0/s1. The summed E-state index contributed by atoms with van der Waals surface area (Å²) in [6.07, 6.45) is -3.03. The van der Waals surface area contributed by atoms with Crippen LogP contribution in [0.15, 0.2) is 48.5 Å². The van der Waals surface area contributed by atoms with Crippen LogP contribution in [-0.4, -0.2) is 64.8 Å². The van der Waals surface area contributed by atoms with Gasteiger partial charge >= 0.3 is 13.3 Å². The van der Waals surface area contributed by atoms with Gasteiger partial charge in [-0.2, -0.15) is 13.2 Å². The van der Waals surface area contributed by atoms with Crippen molar-refractivity contribution in [1.82, 2.24) is 10.6 Å². The zero-order valence-electron chi connectivity index (χ0n) is 23.4. The van der Waals surface area contributed by atoms with E-state index in [4.69, 9.17) is 16.9 Å². The highest BCUT2D eigenvalue weighted by molar-refractivity contribution is 6.58. The molecule has 0 aromatic heterocycles. The molecule has 0 saturated heterocycles. The van der Waals surface area contributed by atoms with Gasteiger partial charge in [0.25, 0.3) is 0 Å². The molecule has 15 heteroatoms. The van der Waals surface area contributed by atoms with Crippen molar-refractivity contribution < 1.29 is 37.6 Å². The topological polar surface area (TPSA) is 204 Å². The van der Waals surface area contributed by atoms with Gasteiger partial charge in [-0.25, -0.2) is 0 Å². The van der Waals surface area contributed by atoms with Crippen molar-refractivity contribution in [3.8, 4) is 0 Å². The van der Waals surface area contributed by atoms with Crippen LogP contribution in [0.3, 0.4) is 0 Å². The monoisotopic (exact) mass is 604 g/mol. The maximum absolute atomic E-state index is 13.2. The summed E-state index contributed by atoms with van der Waals surface area (Å²) in [5.74, 6) is -1.72. The largest absolute Gasteiger partial charge is 0.488 e. The first-order valence-corrected chi connectivity index (χ1v) is 13.8. The number of amides is 3. The second-order valence-corrected chi connectivity index (χ2v) is 10.7. The molecule has 43 heavy (non-hydrogen) atoms. The Labute approximate surface area is 247 Å². The Kier molecular flexibility index (Phi) is 11.8. The van der Waals surface area contributed by atoms with E-state index in [1.165, 1.54) is 36.4 Å². The molecular formula is C28H36BF3N6O5. The molecule has 11 nitrogen and oxygen atoms in total. The summed E-state index contributed by atoms with van der Waals surface area (Å²) in [5.41, 5.74) is 12.4. The van der Waals surface area contributed by atoms with Gasteiger partial charge < -0.3 is 42.9 Å². The molecule has 1 saturated carbocycles. The number of nitrogens with two attached hydrogens (primary N) is 2. The maximum atomic E-state index is 13.2. The number of halogens is 3. The van der Waals surface area contributed by atoms with E-state index in [1.807, 2.05) is 0 Å². The van der Waals surface area contributed by atoms with Gasteiger partial charge in [0.05, 0.1) is 11.6 Å². The smallest absolute Gasteiger partial charge is 0.423 e. The van der Waals surface area contributed by atoms with E-state index in [-0.39, 0.29) is 54.8 Å². The molecule has 1 fully saturated rings. The van der Waals surface area contributed by atoms with Crippen molar-refractivity contribution in [3.63, 3.8) is 0 Å². The van der Waals surface area contributed by atoms with Crippen LogP contribution < -0.4 is 32.9 Å². The number of rotatable bonds is 12. The summed E-state index contributed by atoms with van der Waals surface area (Å²) in [4.78, 5) is 38.5. The fraction of sp³-hybridized carbons (Fsp3) is 0.429. The van der Waals surface area contributed by atoms with E-state index in [1.54, 1.807) is 0 Å². The minimum Gasteiger partial charge on any atom is -0.423 e. The Hall–Kier alpha value is -3.79. The first-order valence-electron chi connectivity index (χ1n) is 13.8. The average Bonchev–Trinajstić information content (AvgIpc) is 2.93. The SMILES string of the molecule is N=C1C[C@H](N)C[C@H](NC(=O)CC[C@H](N)C(=O)N[C@H](CCc2ccc(C(F)(F)F)cc2)C(=O)Nc2cccc(B(O)O)c2)C1. The van der Waals surface area contributed by atoms with Gasteiger partial charge in [0.2, 0.25) is 17.7 Å². The third kappa shape index (κ3) is 10.8. The van der Waals surface area contributed by atoms with Gasteiger partial charge in [-0.1, -0.05) is 24.3 Å². The van der Waals surface area contributed by atoms with Crippen LogP contribution in [0.1, 0.15) is 49.7 Å². The summed E-state index contributed by atoms with van der Waals surface area (Å²) in [7, 11) is -1.77. The predicted octanol–water partition coefficient (Wildman–Crippen LogP) is 0.565. The number of aryl methyl sites for hydroxylation is 1. The number of carbonyl (C=O) groups excluding carboxylic acids is 3. The molecule has 0 aliphatic heterocycles. The second kappa shape index (κ2) is 15.1. The summed E-state index contributed by atoms with van der Waals surface area (Å²) in [5, 5.41) is 34.6. The van der Waals surface area contributed by atoms with Crippen molar-refractivity contribution in [2.75, 3.05) is 5.32 Å². The number of hydrogen-bond donors (Lipinski definition) is 8. The van der Waals surface area contributed by atoms with Gasteiger partial charge in [-0.05, 0) is 61.0 Å². The van der Waals surface area contributed by atoms with Crippen LogP contribution in [0.4, 0.5) is 18.9 Å². The lowest BCUT2D eigenvalue weighted by Gasteiger charge is -2.28. The highest BCUT2D eigenvalue weighted by Gasteiger charge is 2.30. The van der Waals surface area contributed by atoms with Crippen molar-refractivity contribution >= 4 is 41.7 Å². The molecule has 2 aromatic carbocycles. The van der Waals surface area contributed by atoms with Crippen LogP contribution in [0.25, 0.3) is 0 Å². The molecule has 0 unspecified atom stereocenters. The highest BCUT2D eigenvalue weighted by atomic mass is 19.4. The van der Waals surface area contributed by atoms with E-state index in [0.717, 1.165) is 12.1 Å². The van der Waals surface area contributed by atoms with Gasteiger partial charge in [-0.15, -0.1) is 0 Å². The van der Waals surface area contributed by atoms with Crippen LogP contribution in [0.2, 0.25) is 0 Å². The molecule has 3 amide bonds. The Morgan fingerprint density at radius 1 is 1.05 bits per heavy atom. The Morgan fingerprint density at radius 3 is 2.37 bits per heavy atom. The Balaban J connectivity index is 1.63. The van der Waals surface area contributed by atoms with Crippen LogP contribution in [-0.2, 0) is 27.0 Å². The van der Waals surface area contributed by atoms with Gasteiger partial charge in [0, 0.05) is 42.7 Å². The Morgan fingerprint density at radius 2 is 1.74 bits per heavy atom. The molecule has 0 radical (unpaired) electrons. The molecule has 0 heterocycles. The summed E-state index contributed by atoms with van der Waals surface area (Å²) in [6, 6.07) is 7.42. The summed E-state index contributed by atoms with van der Waals surface area (Å²) >= 11 is 0. The first kappa shape index (κ1) is 33.7. The summed E-state index contributed by atoms with van der Waals surface area (Å²) in [6.45, 7) is 0. The lowest BCUT2D eigenvalue weighted by molar-refractivity contribution is -0.137. The zero-order chi connectivity index (χ0) is 31.7. The van der Waals surface area contributed by atoms with E-state index in [2.05, 4.69) is 16.0 Å². The number of anilines is 1. The van der Waals surface area contributed by atoms with E-state index in [0.29, 0.717) is 30.5 Å². The number of benzene rings is 2. The van der Waals surface area contributed by atoms with Crippen molar-refractivity contribution in [3.05, 3.63) is 59.7 Å². The quantitative estimate of drug-likeness (QED) is 0.162. The first-order chi connectivity index (χ1) is 20.2. The van der Waals surface area contributed by atoms with E-state index < -0.39 is 42.8 Å². The van der Waals surface area contributed by atoms with Crippen molar-refractivity contribution in [2.45, 2.75) is 75.3 Å². The van der Waals surface area contributed by atoms with Gasteiger partial charge in [0.1, 0.15) is 6.04 Å². The normalized spacial score (nSPS) is 18.3. The fourth-order valence-electron chi connectivity index (χ4n) is 4.78. The molecule has 0 bridgehead atoms. The van der Waals surface area contributed by atoms with E-state index >= 15 is 0 Å². The molecule has 4 atom stereocenters. The molecule has 3 rings (SSSR count). The zero-order valence-corrected chi connectivity index (χ0v) is 23.4. The minimum atomic E-state index is -4.50. The minimum absolute atomic E-state index is 0.00630. The van der Waals surface area contributed by atoms with Gasteiger partial charge in [0.15, 0.2) is 0 Å². The van der Waals surface area contributed by atoms with Crippen molar-refractivity contribution in [2.24, 2.45) is 11.5 Å². The second-order valence-electron chi connectivity index (χ2n) is 10.7. The molecule has 0 spiro atoms.